The highest BCUT2D eigenvalue weighted by Crippen LogP contribution is 2.38. The monoisotopic (exact) mass is 203 g/mol. The predicted octanol–water partition coefficient (Wildman–Crippen LogP) is 2.49. The molecule has 1 fully saturated rings. The van der Waals surface area contributed by atoms with Gasteiger partial charge in [-0.05, 0) is 25.0 Å². The third-order valence-electron chi connectivity index (χ3n) is 2.58. The summed E-state index contributed by atoms with van der Waals surface area (Å²) in [6, 6.07) is 6.55. The Bertz CT molecular complexity index is 488. The molecule has 1 saturated carbocycles. The van der Waals surface area contributed by atoms with E-state index in [2.05, 4.69) is 15.2 Å². The summed E-state index contributed by atoms with van der Waals surface area (Å²) in [7, 11) is 0. The van der Waals surface area contributed by atoms with E-state index in [4.69, 9.17) is 0 Å². The minimum Gasteiger partial charge on any atom is -0.262 e. The molecule has 0 amide bonds. The van der Waals surface area contributed by atoms with E-state index in [1.165, 1.54) is 6.07 Å². The Hall–Kier alpha value is -1.71. The van der Waals surface area contributed by atoms with Gasteiger partial charge in [0.1, 0.15) is 11.6 Å². The Morgan fingerprint density at radius 3 is 2.80 bits per heavy atom. The quantitative estimate of drug-likeness (QED) is 0.814. The van der Waals surface area contributed by atoms with Crippen LogP contribution in [-0.4, -0.2) is 15.2 Å². The van der Waals surface area contributed by atoms with Crippen LogP contribution in [0.15, 0.2) is 24.3 Å². The zero-order chi connectivity index (χ0) is 10.3. The van der Waals surface area contributed by atoms with Gasteiger partial charge >= 0.3 is 0 Å². The van der Waals surface area contributed by atoms with Crippen molar-refractivity contribution in [1.29, 1.82) is 0 Å². The Morgan fingerprint density at radius 1 is 1.27 bits per heavy atom. The summed E-state index contributed by atoms with van der Waals surface area (Å²) >= 11 is 0. The zero-order valence-electron chi connectivity index (χ0n) is 8.07. The van der Waals surface area contributed by atoms with E-state index in [0.717, 1.165) is 18.7 Å². The molecule has 1 aliphatic carbocycles. The number of rotatable bonds is 2. The Kier molecular flexibility index (Phi) is 1.80. The number of H-pyrrole nitrogens is 1. The average molecular weight is 203 g/mol. The summed E-state index contributed by atoms with van der Waals surface area (Å²) in [5.74, 6) is 1.57. The largest absolute Gasteiger partial charge is 0.262 e. The lowest BCUT2D eigenvalue weighted by molar-refractivity contribution is 0.630. The van der Waals surface area contributed by atoms with Crippen LogP contribution in [0.4, 0.5) is 4.39 Å². The molecule has 15 heavy (non-hydrogen) atoms. The second-order valence-corrected chi connectivity index (χ2v) is 3.80. The van der Waals surface area contributed by atoms with Gasteiger partial charge in [-0.2, -0.15) is 5.10 Å². The lowest BCUT2D eigenvalue weighted by Gasteiger charge is -1.95. The molecule has 0 saturated heterocycles. The maximum atomic E-state index is 13.4. The van der Waals surface area contributed by atoms with Crippen molar-refractivity contribution in [2.24, 2.45) is 0 Å². The second-order valence-electron chi connectivity index (χ2n) is 3.80. The van der Waals surface area contributed by atoms with Crippen LogP contribution in [-0.2, 0) is 0 Å². The molecule has 1 N–H and O–H groups in total. The number of aromatic nitrogens is 3. The minimum absolute atomic E-state index is 0.279. The molecule has 0 aliphatic heterocycles. The molecule has 4 heteroatoms. The van der Waals surface area contributed by atoms with Crippen LogP contribution < -0.4 is 0 Å². The number of benzene rings is 1. The Labute approximate surface area is 86.4 Å². The van der Waals surface area contributed by atoms with Gasteiger partial charge in [0.25, 0.3) is 0 Å². The highest BCUT2D eigenvalue weighted by atomic mass is 19.1. The van der Waals surface area contributed by atoms with E-state index in [0.29, 0.717) is 17.3 Å². The molecule has 3 nitrogen and oxygen atoms in total. The van der Waals surface area contributed by atoms with Gasteiger partial charge in [-0.1, -0.05) is 12.1 Å². The first kappa shape index (κ1) is 8.59. The van der Waals surface area contributed by atoms with Crippen molar-refractivity contribution in [3.05, 3.63) is 35.9 Å². The molecule has 2 aromatic rings. The van der Waals surface area contributed by atoms with Crippen molar-refractivity contribution >= 4 is 0 Å². The molecule has 1 aromatic carbocycles. The summed E-state index contributed by atoms with van der Waals surface area (Å²) in [6.45, 7) is 0. The van der Waals surface area contributed by atoms with E-state index in [1.54, 1.807) is 18.2 Å². The van der Waals surface area contributed by atoms with Crippen LogP contribution >= 0.6 is 0 Å². The van der Waals surface area contributed by atoms with Crippen molar-refractivity contribution in [3.8, 4) is 11.4 Å². The van der Waals surface area contributed by atoms with E-state index in [1.807, 2.05) is 0 Å². The molecule has 0 atom stereocenters. The van der Waals surface area contributed by atoms with Gasteiger partial charge < -0.3 is 0 Å². The first-order valence-corrected chi connectivity index (χ1v) is 5.02. The molecule has 0 unspecified atom stereocenters. The molecule has 0 radical (unpaired) electrons. The van der Waals surface area contributed by atoms with E-state index < -0.39 is 0 Å². The third-order valence-corrected chi connectivity index (χ3v) is 2.58. The number of nitrogens with zero attached hydrogens (tertiary/aromatic N) is 2. The van der Waals surface area contributed by atoms with Gasteiger partial charge in [-0.25, -0.2) is 9.37 Å². The molecule has 0 bridgehead atoms. The van der Waals surface area contributed by atoms with Crippen molar-refractivity contribution < 1.29 is 4.39 Å². The average Bonchev–Trinajstić information content (AvgIpc) is 2.99. The van der Waals surface area contributed by atoms with Crippen LogP contribution in [0.3, 0.4) is 0 Å². The van der Waals surface area contributed by atoms with Gasteiger partial charge in [0.05, 0.1) is 5.56 Å². The van der Waals surface area contributed by atoms with E-state index >= 15 is 0 Å². The summed E-state index contributed by atoms with van der Waals surface area (Å²) in [6.07, 6.45) is 2.32. The fourth-order valence-electron chi connectivity index (χ4n) is 1.58. The predicted molar refractivity (Wildman–Crippen MR) is 53.8 cm³/mol. The minimum atomic E-state index is -0.279. The van der Waals surface area contributed by atoms with Crippen molar-refractivity contribution in [1.82, 2.24) is 15.2 Å². The van der Waals surface area contributed by atoms with E-state index in [9.17, 15) is 4.39 Å². The molecular formula is C11H10FN3. The summed E-state index contributed by atoms with van der Waals surface area (Å²) in [5.41, 5.74) is 0.459. The third kappa shape index (κ3) is 1.52. The first-order valence-electron chi connectivity index (χ1n) is 5.02. The van der Waals surface area contributed by atoms with Crippen LogP contribution in [0.1, 0.15) is 24.6 Å². The van der Waals surface area contributed by atoms with Gasteiger partial charge in [-0.15, -0.1) is 0 Å². The summed E-state index contributed by atoms with van der Waals surface area (Å²) in [5, 5.41) is 6.90. The molecule has 1 heterocycles. The molecule has 1 aliphatic rings. The molecular weight excluding hydrogens is 193 g/mol. The van der Waals surface area contributed by atoms with Crippen LogP contribution in [0.5, 0.6) is 0 Å². The lowest BCUT2D eigenvalue weighted by Crippen LogP contribution is -1.86. The number of aromatic amines is 1. The molecule has 0 spiro atoms. The summed E-state index contributed by atoms with van der Waals surface area (Å²) < 4.78 is 13.4. The van der Waals surface area contributed by atoms with Gasteiger partial charge in [-0.3, -0.25) is 5.10 Å². The zero-order valence-corrected chi connectivity index (χ0v) is 8.07. The summed E-state index contributed by atoms with van der Waals surface area (Å²) in [4.78, 5) is 4.30. The van der Waals surface area contributed by atoms with Crippen LogP contribution in [0.25, 0.3) is 11.4 Å². The van der Waals surface area contributed by atoms with Gasteiger partial charge in [0.2, 0.25) is 0 Å². The number of halogens is 1. The fraction of sp³-hybridized carbons (Fsp3) is 0.273. The van der Waals surface area contributed by atoms with Crippen molar-refractivity contribution in [3.63, 3.8) is 0 Å². The van der Waals surface area contributed by atoms with Gasteiger partial charge in [0, 0.05) is 5.92 Å². The lowest BCUT2D eigenvalue weighted by atomic mass is 10.2. The van der Waals surface area contributed by atoms with Crippen molar-refractivity contribution in [2.45, 2.75) is 18.8 Å². The van der Waals surface area contributed by atoms with Crippen LogP contribution in [0.2, 0.25) is 0 Å². The maximum Gasteiger partial charge on any atom is 0.184 e. The van der Waals surface area contributed by atoms with Crippen molar-refractivity contribution in [2.75, 3.05) is 0 Å². The fourth-order valence-corrected chi connectivity index (χ4v) is 1.58. The Morgan fingerprint density at radius 2 is 2.07 bits per heavy atom. The topological polar surface area (TPSA) is 41.6 Å². The van der Waals surface area contributed by atoms with Gasteiger partial charge in [0.15, 0.2) is 5.82 Å². The highest BCUT2D eigenvalue weighted by Gasteiger charge is 2.27. The molecule has 3 rings (SSSR count). The number of hydrogen-bond acceptors (Lipinski definition) is 2. The standard InChI is InChI=1S/C11H10FN3/c12-9-4-2-1-3-8(9)11-13-10(14-15-11)7-5-6-7/h1-4,7H,5-6H2,(H,13,14,15). The number of nitrogens with one attached hydrogen (secondary N) is 1. The van der Waals surface area contributed by atoms with Crippen LogP contribution in [0, 0.1) is 5.82 Å². The Balaban J connectivity index is 2.01. The normalized spacial score (nSPS) is 15.5. The smallest absolute Gasteiger partial charge is 0.184 e. The number of hydrogen-bond donors (Lipinski definition) is 1. The second kappa shape index (κ2) is 3.15. The maximum absolute atomic E-state index is 13.4. The van der Waals surface area contributed by atoms with E-state index in [-0.39, 0.29) is 5.82 Å². The first-order chi connectivity index (χ1) is 7.34. The molecule has 1 aromatic heterocycles. The highest BCUT2D eigenvalue weighted by molar-refractivity contribution is 5.55. The molecule has 76 valence electrons. The SMILES string of the molecule is Fc1ccccc1-c1n[nH]c(C2CC2)n1.